The zero-order valence-corrected chi connectivity index (χ0v) is 11.5. The van der Waals surface area contributed by atoms with Crippen molar-refractivity contribution in [2.24, 2.45) is 7.05 Å². The molecule has 0 saturated heterocycles. The van der Waals surface area contributed by atoms with Crippen LogP contribution in [0.3, 0.4) is 0 Å². The summed E-state index contributed by atoms with van der Waals surface area (Å²) >= 11 is 0. The first-order valence-corrected chi connectivity index (χ1v) is 6.55. The van der Waals surface area contributed by atoms with Gasteiger partial charge in [0, 0.05) is 12.6 Å². The lowest BCUT2D eigenvalue weighted by atomic mass is 10.0. The molecule has 0 spiro atoms. The average Bonchev–Trinajstić information content (AvgIpc) is 2.76. The van der Waals surface area contributed by atoms with Crippen molar-refractivity contribution < 1.29 is 5.11 Å². The van der Waals surface area contributed by atoms with Crippen LogP contribution in [-0.4, -0.2) is 14.9 Å². The van der Waals surface area contributed by atoms with E-state index in [0.29, 0.717) is 0 Å². The topological polar surface area (TPSA) is 38.0 Å². The maximum absolute atomic E-state index is 10.3. The first-order valence-electron chi connectivity index (χ1n) is 6.55. The van der Waals surface area contributed by atoms with Gasteiger partial charge in [-0.05, 0) is 18.6 Å². The van der Waals surface area contributed by atoms with E-state index < -0.39 is 0 Å². The van der Waals surface area contributed by atoms with Crippen molar-refractivity contribution in [3.05, 3.63) is 60.2 Å². The third-order valence-electron chi connectivity index (χ3n) is 3.37. The van der Waals surface area contributed by atoms with Gasteiger partial charge in [0.1, 0.15) is 5.69 Å². The fraction of sp³-hybridized carbons (Fsp3) is 0.118. The molecular weight excluding hydrogens is 248 g/mol. The third kappa shape index (κ3) is 2.07. The lowest BCUT2D eigenvalue weighted by molar-refractivity contribution is 0.421. The summed E-state index contributed by atoms with van der Waals surface area (Å²) in [5.41, 5.74) is 4.74. The molecule has 0 aliphatic heterocycles. The Hall–Kier alpha value is -2.55. The van der Waals surface area contributed by atoms with Crippen LogP contribution in [0.5, 0.6) is 5.88 Å². The quantitative estimate of drug-likeness (QED) is 0.765. The molecule has 0 unspecified atom stereocenters. The van der Waals surface area contributed by atoms with E-state index in [0.717, 1.165) is 22.4 Å². The van der Waals surface area contributed by atoms with Gasteiger partial charge in [-0.15, -0.1) is 0 Å². The van der Waals surface area contributed by atoms with E-state index in [1.165, 1.54) is 10.2 Å². The summed E-state index contributed by atoms with van der Waals surface area (Å²) in [7, 11) is 1.75. The van der Waals surface area contributed by atoms with Gasteiger partial charge in [-0.3, -0.25) is 0 Å². The van der Waals surface area contributed by atoms with E-state index >= 15 is 0 Å². The smallest absolute Gasteiger partial charge is 0.217 e. The molecule has 0 amide bonds. The van der Waals surface area contributed by atoms with E-state index in [4.69, 9.17) is 0 Å². The third-order valence-corrected chi connectivity index (χ3v) is 3.37. The standard InChI is InChI=1S/C17H16N2O/c1-12-7-6-10-14(11-12)16-15(17(20)19(2)18-16)13-8-4-3-5-9-13/h3-11,20H,1-2H3. The Balaban J connectivity index is 2.25. The molecule has 0 aliphatic carbocycles. The maximum atomic E-state index is 10.3. The molecule has 3 aromatic rings. The minimum absolute atomic E-state index is 0.188. The molecule has 100 valence electrons. The summed E-state index contributed by atoms with van der Waals surface area (Å²) in [4.78, 5) is 0. The highest BCUT2D eigenvalue weighted by Gasteiger charge is 2.18. The van der Waals surface area contributed by atoms with Crippen molar-refractivity contribution >= 4 is 0 Å². The Morgan fingerprint density at radius 3 is 2.35 bits per heavy atom. The van der Waals surface area contributed by atoms with Crippen molar-refractivity contribution in [1.29, 1.82) is 0 Å². The molecule has 1 heterocycles. The van der Waals surface area contributed by atoms with Gasteiger partial charge >= 0.3 is 0 Å². The highest BCUT2D eigenvalue weighted by Crippen LogP contribution is 2.37. The average molecular weight is 264 g/mol. The van der Waals surface area contributed by atoms with Gasteiger partial charge in [-0.25, -0.2) is 4.68 Å². The normalized spacial score (nSPS) is 10.7. The van der Waals surface area contributed by atoms with Crippen LogP contribution in [0.1, 0.15) is 5.56 Å². The van der Waals surface area contributed by atoms with Crippen LogP contribution < -0.4 is 0 Å². The molecule has 20 heavy (non-hydrogen) atoms. The summed E-state index contributed by atoms with van der Waals surface area (Å²) in [6, 6.07) is 18.0. The monoisotopic (exact) mass is 264 g/mol. The van der Waals surface area contributed by atoms with Crippen LogP contribution in [0.15, 0.2) is 54.6 Å². The van der Waals surface area contributed by atoms with Gasteiger partial charge in [-0.1, -0.05) is 54.1 Å². The number of aromatic hydroxyl groups is 1. The van der Waals surface area contributed by atoms with E-state index in [2.05, 4.69) is 24.2 Å². The van der Waals surface area contributed by atoms with Crippen LogP contribution in [0.4, 0.5) is 0 Å². The number of hydrogen-bond donors (Lipinski definition) is 1. The van der Waals surface area contributed by atoms with Crippen molar-refractivity contribution in [3.63, 3.8) is 0 Å². The van der Waals surface area contributed by atoms with E-state index in [1.807, 2.05) is 42.5 Å². The van der Waals surface area contributed by atoms with Gasteiger partial charge in [0.25, 0.3) is 0 Å². The largest absolute Gasteiger partial charge is 0.493 e. The molecule has 0 fully saturated rings. The fourth-order valence-electron chi connectivity index (χ4n) is 2.38. The SMILES string of the molecule is Cc1cccc(-c2nn(C)c(O)c2-c2ccccc2)c1. The van der Waals surface area contributed by atoms with Crippen LogP contribution in [-0.2, 0) is 7.05 Å². The van der Waals surface area contributed by atoms with Gasteiger partial charge < -0.3 is 5.11 Å². The number of benzene rings is 2. The van der Waals surface area contributed by atoms with Gasteiger partial charge in [0.05, 0.1) is 5.56 Å². The number of aromatic nitrogens is 2. The number of nitrogens with zero attached hydrogens (tertiary/aromatic N) is 2. The first-order chi connectivity index (χ1) is 9.66. The van der Waals surface area contributed by atoms with Crippen molar-refractivity contribution in [2.45, 2.75) is 6.92 Å². The summed E-state index contributed by atoms with van der Waals surface area (Å²) in [6.07, 6.45) is 0. The molecule has 1 aromatic heterocycles. The van der Waals surface area contributed by atoms with Crippen molar-refractivity contribution in [2.75, 3.05) is 0 Å². The summed E-state index contributed by atoms with van der Waals surface area (Å²) in [5.74, 6) is 0.188. The Kier molecular flexibility index (Phi) is 3.03. The van der Waals surface area contributed by atoms with E-state index in [9.17, 15) is 5.11 Å². The Labute approximate surface area is 118 Å². The predicted molar refractivity (Wildman–Crippen MR) is 80.5 cm³/mol. The molecule has 3 heteroatoms. The summed E-state index contributed by atoms with van der Waals surface area (Å²) in [5, 5.41) is 14.8. The van der Waals surface area contributed by atoms with Gasteiger partial charge in [0.15, 0.2) is 0 Å². The molecule has 0 radical (unpaired) electrons. The van der Waals surface area contributed by atoms with Gasteiger partial charge in [0.2, 0.25) is 5.88 Å². The Morgan fingerprint density at radius 1 is 0.950 bits per heavy atom. The molecule has 0 aliphatic rings. The highest BCUT2D eigenvalue weighted by atomic mass is 16.3. The summed E-state index contributed by atoms with van der Waals surface area (Å²) < 4.78 is 1.51. The Morgan fingerprint density at radius 2 is 1.65 bits per heavy atom. The number of hydrogen-bond acceptors (Lipinski definition) is 2. The maximum Gasteiger partial charge on any atom is 0.217 e. The molecule has 3 nitrogen and oxygen atoms in total. The van der Waals surface area contributed by atoms with Crippen LogP contribution >= 0.6 is 0 Å². The molecule has 0 bridgehead atoms. The van der Waals surface area contributed by atoms with Crippen LogP contribution in [0, 0.1) is 6.92 Å². The number of aryl methyl sites for hydroxylation is 2. The second-order valence-electron chi connectivity index (χ2n) is 4.91. The lowest BCUT2D eigenvalue weighted by Gasteiger charge is -2.04. The second kappa shape index (κ2) is 4.85. The van der Waals surface area contributed by atoms with Crippen LogP contribution in [0.25, 0.3) is 22.4 Å². The fourth-order valence-corrected chi connectivity index (χ4v) is 2.38. The molecule has 0 saturated carbocycles. The van der Waals surface area contributed by atoms with E-state index in [1.54, 1.807) is 7.05 Å². The Bertz CT molecular complexity index is 745. The molecular formula is C17H16N2O. The molecule has 2 aromatic carbocycles. The highest BCUT2D eigenvalue weighted by molar-refractivity contribution is 5.84. The van der Waals surface area contributed by atoms with E-state index in [-0.39, 0.29) is 5.88 Å². The molecule has 0 atom stereocenters. The lowest BCUT2D eigenvalue weighted by Crippen LogP contribution is -1.89. The summed E-state index contributed by atoms with van der Waals surface area (Å²) in [6.45, 7) is 2.05. The van der Waals surface area contributed by atoms with Crippen molar-refractivity contribution in [3.8, 4) is 28.3 Å². The molecule has 1 N–H and O–H groups in total. The molecule has 3 rings (SSSR count). The van der Waals surface area contributed by atoms with Crippen molar-refractivity contribution in [1.82, 2.24) is 9.78 Å². The predicted octanol–water partition coefficient (Wildman–Crippen LogP) is 3.77. The number of rotatable bonds is 2. The first kappa shape index (κ1) is 12.5. The van der Waals surface area contributed by atoms with Crippen LogP contribution in [0.2, 0.25) is 0 Å². The zero-order valence-electron chi connectivity index (χ0n) is 11.5. The minimum atomic E-state index is 0.188. The minimum Gasteiger partial charge on any atom is -0.493 e. The zero-order chi connectivity index (χ0) is 14.1. The van der Waals surface area contributed by atoms with Gasteiger partial charge in [-0.2, -0.15) is 5.10 Å². The second-order valence-corrected chi connectivity index (χ2v) is 4.91.